The number of fused-ring (bicyclic) bond motifs is 2. The van der Waals surface area contributed by atoms with Gasteiger partial charge in [0.15, 0.2) is 0 Å². The Kier molecular flexibility index (Phi) is 4.25. The predicted molar refractivity (Wildman–Crippen MR) is 102 cm³/mol. The van der Waals surface area contributed by atoms with E-state index in [4.69, 9.17) is 0 Å². The third kappa shape index (κ3) is 2.93. The molecule has 3 unspecified atom stereocenters. The number of hydrogen-bond donors (Lipinski definition) is 3. The normalized spacial score (nSPS) is 31.4. The summed E-state index contributed by atoms with van der Waals surface area (Å²) in [5, 5.41) is 9.56. The molecule has 1 aliphatic carbocycles. The predicted octanol–water partition coefficient (Wildman–Crippen LogP) is 0.679. The van der Waals surface area contributed by atoms with E-state index >= 15 is 0 Å². The average molecular weight is 382 g/mol. The molecule has 3 amide bonds. The monoisotopic (exact) mass is 382 g/mol. The van der Waals surface area contributed by atoms with Gasteiger partial charge in [-0.15, -0.1) is 0 Å². The Morgan fingerprint density at radius 2 is 2.14 bits per heavy atom. The van der Waals surface area contributed by atoms with Crippen molar-refractivity contribution < 1.29 is 14.4 Å². The van der Waals surface area contributed by atoms with E-state index in [1.165, 1.54) is 19.3 Å². The van der Waals surface area contributed by atoms with E-state index < -0.39 is 6.04 Å². The van der Waals surface area contributed by atoms with Gasteiger partial charge in [-0.2, -0.15) is 0 Å². The van der Waals surface area contributed by atoms with Crippen LogP contribution >= 0.6 is 0 Å². The van der Waals surface area contributed by atoms with Crippen molar-refractivity contribution in [1.29, 1.82) is 0 Å². The van der Waals surface area contributed by atoms with Gasteiger partial charge in [-0.25, -0.2) is 0 Å². The molecule has 28 heavy (non-hydrogen) atoms. The maximum absolute atomic E-state index is 12.9. The fourth-order valence-corrected chi connectivity index (χ4v) is 5.17. The highest BCUT2D eigenvalue weighted by molar-refractivity contribution is 6.05. The van der Waals surface area contributed by atoms with Crippen LogP contribution in [0.25, 0.3) is 0 Å². The van der Waals surface area contributed by atoms with Crippen LogP contribution in [0.4, 0.5) is 0 Å². The van der Waals surface area contributed by atoms with Gasteiger partial charge in [0.25, 0.3) is 5.91 Å². The SMILES string of the molecule is O=C1CCC(N2Cc3c(CNCC45CCCNC4C5)cccc3C2=O)C(=O)N1. The van der Waals surface area contributed by atoms with E-state index in [2.05, 4.69) is 22.0 Å². The lowest BCUT2D eigenvalue weighted by molar-refractivity contribution is -0.136. The fourth-order valence-electron chi connectivity index (χ4n) is 5.17. The quantitative estimate of drug-likeness (QED) is 0.652. The molecule has 3 heterocycles. The molecule has 4 aliphatic rings. The van der Waals surface area contributed by atoms with Crippen molar-refractivity contribution in [2.75, 3.05) is 13.1 Å². The summed E-state index contributed by atoms with van der Waals surface area (Å²) in [4.78, 5) is 38.1. The molecule has 0 radical (unpaired) electrons. The van der Waals surface area contributed by atoms with Crippen molar-refractivity contribution in [3.05, 3.63) is 34.9 Å². The lowest BCUT2D eigenvalue weighted by atomic mass is 9.96. The molecule has 1 saturated carbocycles. The summed E-state index contributed by atoms with van der Waals surface area (Å²) in [5.74, 6) is -0.727. The van der Waals surface area contributed by atoms with Gasteiger partial charge < -0.3 is 15.5 Å². The minimum absolute atomic E-state index is 0.108. The molecule has 0 aromatic heterocycles. The maximum atomic E-state index is 12.9. The van der Waals surface area contributed by atoms with E-state index in [-0.39, 0.29) is 24.1 Å². The number of piperidine rings is 2. The van der Waals surface area contributed by atoms with Crippen LogP contribution in [0.1, 0.15) is 53.6 Å². The summed E-state index contributed by atoms with van der Waals surface area (Å²) < 4.78 is 0. The van der Waals surface area contributed by atoms with Gasteiger partial charge in [0, 0.05) is 37.7 Å². The van der Waals surface area contributed by atoms with Crippen LogP contribution in [0.5, 0.6) is 0 Å². The molecule has 5 rings (SSSR count). The summed E-state index contributed by atoms with van der Waals surface area (Å²) in [6.45, 7) is 3.30. The molecule has 3 atom stereocenters. The zero-order valence-electron chi connectivity index (χ0n) is 15.9. The van der Waals surface area contributed by atoms with E-state index in [1.807, 2.05) is 12.1 Å². The van der Waals surface area contributed by atoms with E-state index in [9.17, 15) is 14.4 Å². The summed E-state index contributed by atoms with van der Waals surface area (Å²) in [6.07, 6.45) is 4.46. The highest BCUT2D eigenvalue weighted by atomic mass is 16.2. The Morgan fingerprint density at radius 3 is 2.96 bits per heavy atom. The van der Waals surface area contributed by atoms with Crippen LogP contribution in [-0.4, -0.2) is 47.8 Å². The number of benzene rings is 1. The number of hydrogen-bond acceptors (Lipinski definition) is 5. The first-order valence-electron chi connectivity index (χ1n) is 10.3. The van der Waals surface area contributed by atoms with Crippen molar-refractivity contribution in [3.8, 4) is 0 Å². The van der Waals surface area contributed by atoms with E-state index in [0.717, 1.165) is 30.8 Å². The molecule has 7 nitrogen and oxygen atoms in total. The molecular formula is C21H26N4O3. The second-order valence-electron chi connectivity index (χ2n) is 8.62. The highest BCUT2D eigenvalue weighted by Gasteiger charge is 2.54. The largest absolute Gasteiger partial charge is 0.322 e. The summed E-state index contributed by atoms with van der Waals surface area (Å²) in [7, 11) is 0. The van der Waals surface area contributed by atoms with Gasteiger partial charge in [-0.1, -0.05) is 12.1 Å². The van der Waals surface area contributed by atoms with Gasteiger partial charge in [0.1, 0.15) is 6.04 Å². The van der Waals surface area contributed by atoms with Gasteiger partial charge in [-0.3, -0.25) is 19.7 Å². The van der Waals surface area contributed by atoms with Crippen LogP contribution in [0, 0.1) is 5.41 Å². The number of nitrogens with one attached hydrogen (secondary N) is 3. The van der Waals surface area contributed by atoms with Crippen LogP contribution in [0.2, 0.25) is 0 Å². The molecule has 0 bridgehead atoms. The summed E-state index contributed by atoms with van der Waals surface area (Å²) >= 11 is 0. The number of carbonyl (C=O) groups excluding carboxylic acids is 3. The topological polar surface area (TPSA) is 90.5 Å². The Morgan fingerprint density at radius 1 is 1.25 bits per heavy atom. The second-order valence-corrected chi connectivity index (χ2v) is 8.62. The number of rotatable bonds is 5. The molecule has 3 N–H and O–H groups in total. The molecule has 1 aromatic rings. The molecule has 0 spiro atoms. The third-order valence-corrected chi connectivity index (χ3v) is 6.90. The van der Waals surface area contributed by atoms with Crippen LogP contribution in [0.15, 0.2) is 18.2 Å². The molecule has 3 aliphatic heterocycles. The van der Waals surface area contributed by atoms with Gasteiger partial charge in [-0.05, 0) is 54.8 Å². The van der Waals surface area contributed by atoms with Crippen LogP contribution < -0.4 is 16.0 Å². The lowest BCUT2D eigenvalue weighted by Gasteiger charge is -2.29. The van der Waals surface area contributed by atoms with E-state index in [0.29, 0.717) is 30.0 Å². The zero-order chi connectivity index (χ0) is 19.3. The Bertz CT molecular complexity index is 854. The first-order chi connectivity index (χ1) is 13.6. The van der Waals surface area contributed by atoms with Crippen LogP contribution in [-0.2, 0) is 22.7 Å². The average Bonchev–Trinajstić information content (AvgIpc) is 3.32. The Labute approximate surface area is 164 Å². The first-order valence-corrected chi connectivity index (χ1v) is 10.3. The zero-order valence-corrected chi connectivity index (χ0v) is 15.9. The smallest absolute Gasteiger partial charge is 0.255 e. The minimum Gasteiger partial charge on any atom is -0.322 e. The molecule has 1 aromatic carbocycles. The molecule has 148 valence electrons. The van der Waals surface area contributed by atoms with Crippen LogP contribution in [0.3, 0.4) is 0 Å². The van der Waals surface area contributed by atoms with Crippen molar-refractivity contribution in [2.45, 2.75) is 57.3 Å². The van der Waals surface area contributed by atoms with Crippen molar-refractivity contribution in [3.63, 3.8) is 0 Å². The number of imide groups is 1. The molecule has 2 saturated heterocycles. The fraction of sp³-hybridized carbons (Fsp3) is 0.571. The molecular weight excluding hydrogens is 356 g/mol. The van der Waals surface area contributed by atoms with Gasteiger partial charge in [0.05, 0.1) is 0 Å². The van der Waals surface area contributed by atoms with Crippen molar-refractivity contribution >= 4 is 17.7 Å². The summed E-state index contributed by atoms with van der Waals surface area (Å²) in [5.41, 5.74) is 3.24. The van der Waals surface area contributed by atoms with E-state index in [1.54, 1.807) is 4.90 Å². The maximum Gasteiger partial charge on any atom is 0.255 e. The van der Waals surface area contributed by atoms with Crippen molar-refractivity contribution in [1.82, 2.24) is 20.9 Å². The molecule has 3 fully saturated rings. The second kappa shape index (κ2) is 6.67. The summed E-state index contributed by atoms with van der Waals surface area (Å²) in [6, 6.07) is 5.93. The number of amides is 3. The Balaban J connectivity index is 1.27. The molecule has 7 heteroatoms. The number of carbonyl (C=O) groups is 3. The Hall–Kier alpha value is -2.25. The highest BCUT2D eigenvalue weighted by Crippen LogP contribution is 2.51. The third-order valence-electron chi connectivity index (χ3n) is 6.90. The lowest BCUT2D eigenvalue weighted by Crippen LogP contribution is -2.52. The first kappa shape index (κ1) is 17.8. The van der Waals surface area contributed by atoms with Gasteiger partial charge in [0.2, 0.25) is 11.8 Å². The van der Waals surface area contributed by atoms with Gasteiger partial charge >= 0.3 is 0 Å². The van der Waals surface area contributed by atoms with Crippen molar-refractivity contribution in [2.24, 2.45) is 5.41 Å². The minimum atomic E-state index is -0.558. The number of nitrogens with zero attached hydrogens (tertiary/aromatic N) is 1. The standard InChI is InChI=1S/C21H26N4O3/c26-18-6-5-16(19(27)24-18)25-11-15-13(3-1-4-14(15)20(25)28)10-22-12-21-7-2-8-23-17(21)9-21/h1,3-4,16-17,22-23H,2,5-12H2,(H,24,26,27).